The maximum Gasteiger partial charge on any atom is 0.247 e. The molecule has 0 aliphatic carbocycles. The van der Waals surface area contributed by atoms with E-state index in [1.807, 2.05) is 0 Å². The van der Waals surface area contributed by atoms with Crippen molar-refractivity contribution < 1.29 is 17.6 Å². The lowest BCUT2D eigenvalue weighted by Gasteiger charge is -2.31. The fourth-order valence-electron chi connectivity index (χ4n) is 2.40. The van der Waals surface area contributed by atoms with E-state index in [1.165, 1.54) is 10.4 Å². The third kappa shape index (κ3) is 3.39. The van der Waals surface area contributed by atoms with Crippen molar-refractivity contribution in [3.63, 3.8) is 0 Å². The van der Waals surface area contributed by atoms with Crippen molar-refractivity contribution in [1.82, 2.24) is 4.31 Å². The number of rotatable bonds is 5. The zero-order valence-corrected chi connectivity index (χ0v) is 14.3. The van der Waals surface area contributed by atoms with Crippen molar-refractivity contribution in [3.05, 3.63) is 16.5 Å². The van der Waals surface area contributed by atoms with Gasteiger partial charge < -0.3 is 9.15 Å². The lowest BCUT2D eigenvalue weighted by Crippen LogP contribution is -2.41. The zero-order valence-electron chi connectivity index (χ0n) is 11.1. The van der Waals surface area contributed by atoms with Crippen LogP contribution in [0.15, 0.2) is 20.0 Å². The Morgan fingerprint density at radius 2 is 2.35 bits per heavy atom. The maximum absolute atomic E-state index is 12.6. The van der Waals surface area contributed by atoms with Crippen LogP contribution >= 0.6 is 27.5 Å². The molecule has 1 fully saturated rings. The van der Waals surface area contributed by atoms with Crippen LogP contribution in [-0.2, 0) is 20.6 Å². The molecule has 0 saturated carbocycles. The molecule has 1 aromatic heterocycles. The number of halogens is 2. The number of methoxy groups -OCH3 is 1. The molecule has 0 amide bonds. The number of alkyl halides is 1. The molecule has 1 unspecified atom stereocenters. The van der Waals surface area contributed by atoms with Crippen LogP contribution in [0.2, 0.25) is 0 Å². The van der Waals surface area contributed by atoms with E-state index in [0.717, 1.165) is 12.8 Å². The molecule has 8 heteroatoms. The standard InChI is InChI=1S/C12H17BrClNO4S/c1-18-8-9-3-2-4-15(7-9)20(16,17)11-5-10(6-14)19-12(11)13/h5,9H,2-4,6-8H2,1H3. The summed E-state index contributed by atoms with van der Waals surface area (Å²) in [5, 5.41) is 0. The minimum atomic E-state index is -3.55. The number of hydrogen-bond donors (Lipinski definition) is 0. The fraction of sp³-hybridized carbons (Fsp3) is 0.667. The predicted molar refractivity (Wildman–Crippen MR) is 79.3 cm³/mol. The fourth-order valence-corrected chi connectivity index (χ4v) is 5.04. The average molecular weight is 387 g/mol. The van der Waals surface area contributed by atoms with E-state index in [0.29, 0.717) is 25.5 Å². The molecule has 1 aliphatic heterocycles. The third-order valence-electron chi connectivity index (χ3n) is 3.34. The van der Waals surface area contributed by atoms with Gasteiger partial charge in [0.2, 0.25) is 10.0 Å². The first-order valence-electron chi connectivity index (χ1n) is 6.32. The van der Waals surface area contributed by atoms with Gasteiger partial charge in [-0.2, -0.15) is 4.31 Å². The number of nitrogens with zero attached hydrogens (tertiary/aromatic N) is 1. The Bertz CT molecular complexity index is 558. The molecule has 0 N–H and O–H groups in total. The van der Waals surface area contributed by atoms with Gasteiger partial charge in [-0.1, -0.05) is 0 Å². The van der Waals surface area contributed by atoms with Crippen molar-refractivity contribution in [2.75, 3.05) is 26.8 Å². The number of ether oxygens (including phenoxy) is 1. The van der Waals surface area contributed by atoms with E-state index >= 15 is 0 Å². The van der Waals surface area contributed by atoms with Crippen molar-refractivity contribution >= 4 is 37.6 Å². The highest BCUT2D eigenvalue weighted by Crippen LogP contribution is 2.31. The van der Waals surface area contributed by atoms with Crippen LogP contribution in [-0.4, -0.2) is 39.5 Å². The number of piperidine rings is 1. The Morgan fingerprint density at radius 3 is 2.95 bits per heavy atom. The van der Waals surface area contributed by atoms with Crippen LogP contribution in [0.3, 0.4) is 0 Å². The molecule has 0 radical (unpaired) electrons. The molecule has 1 aromatic rings. The molecule has 5 nitrogen and oxygen atoms in total. The summed E-state index contributed by atoms with van der Waals surface area (Å²) in [7, 11) is -1.92. The van der Waals surface area contributed by atoms with Crippen molar-refractivity contribution in [1.29, 1.82) is 0 Å². The summed E-state index contributed by atoms with van der Waals surface area (Å²) in [5.41, 5.74) is 0. The normalized spacial score (nSPS) is 21.2. The first-order valence-corrected chi connectivity index (χ1v) is 9.09. The van der Waals surface area contributed by atoms with Crippen LogP contribution < -0.4 is 0 Å². The molecular weight excluding hydrogens is 370 g/mol. The highest BCUT2D eigenvalue weighted by Gasteiger charge is 2.33. The predicted octanol–water partition coefficient (Wildman–Crippen LogP) is 2.83. The molecule has 0 aromatic carbocycles. The average Bonchev–Trinajstić information content (AvgIpc) is 2.81. The molecule has 20 heavy (non-hydrogen) atoms. The SMILES string of the molecule is COCC1CCCN(S(=O)(=O)c2cc(CCl)oc2Br)C1. The van der Waals surface area contributed by atoms with Gasteiger partial charge in [0.1, 0.15) is 10.7 Å². The van der Waals surface area contributed by atoms with E-state index in [4.69, 9.17) is 20.8 Å². The van der Waals surface area contributed by atoms with E-state index in [9.17, 15) is 8.42 Å². The molecular formula is C12H17BrClNO4S. The second-order valence-electron chi connectivity index (χ2n) is 4.81. The second kappa shape index (κ2) is 6.79. The van der Waals surface area contributed by atoms with E-state index in [1.54, 1.807) is 7.11 Å². The first-order chi connectivity index (χ1) is 9.48. The van der Waals surface area contributed by atoms with Gasteiger partial charge in [0.25, 0.3) is 0 Å². The van der Waals surface area contributed by atoms with Crippen molar-refractivity contribution in [3.8, 4) is 0 Å². The van der Waals surface area contributed by atoms with E-state index < -0.39 is 10.0 Å². The number of sulfonamides is 1. The summed E-state index contributed by atoms with van der Waals surface area (Å²) >= 11 is 8.82. The lowest BCUT2D eigenvalue weighted by molar-refractivity contribution is 0.118. The Balaban J connectivity index is 2.22. The minimum Gasteiger partial charge on any atom is -0.452 e. The second-order valence-corrected chi connectivity index (χ2v) is 7.70. The Morgan fingerprint density at radius 1 is 1.60 bits per heavy atom. The lowest BCUT2D eigenvalue weighted by atomic mass is 10.0. The molecule has 2 rings (SSSR count). The summed E-state index contributed by atoms with van der Waals surface area (Å²) in [4.78, 5) is 0.145. The van der Waals surface area contributed by atoms with Gasteiger partial charge >= 0.3 is 0 Å². The van der Waals surface area contributed by atoms with Crippen LogP contribution in [0.1, 0.15) is 18.6 Å². The van der Waals surface area contributed by atoms with Crippen LogP contribution in [0.4, 0.5) is 0 Å². The maximum atomic E-state index is 12.6. The molecule has 0 bridgehead atoms. The molecule has 114 valence electrons. The molecule has 1 atom stereocenters. The van der Waals surface area contributed by atoms with Gasteiger partial charge in [-0.15, -0.1) is 11.6 Å². The first kappa shape index (κ1) is 16.3. The molecule has 1 aliphatic rings. The summed E-state index contributed by atoms with van der Waals surface area (Å²) in [6.45, 7) is 1.58. The van der Waals surface area contributed by atoms with Gasteiger partial charge in [0.15, 0.2) is 4.67 Å². The summed E-state index contributed by atoms with van der Waals surface area (Å²) < 4.78 is 37.4. The van der Waals surface area contributed by atoms with E-state index in [2.05, 4.69) is 15.9 Å². The number of furan rings is 1. The highest BCUT2D eigenvalue weighted by atomic mass is 79.9. The molecule has 0 spiro atoms. The van der Waals surface area contributed by atoms with Crippen molar-refractivity contribution in [2.24, 2.45) is 5.92 Å². The molecule has 2 heterocycles. The van der Waals surface area contributed by atoms with Gasteiger partial charge in [-0.05, 0) is 34.7 Å². The smallest absolute Gasteiger partial charge is 0.247 e. The Kier molecular flexibility index (Phi) is 5.53. The Hall–Kier alpha value is -0.0800. The Labute approximate surface area is 132 Å². The van der Waals surface area contributed by atoms with Gasteiger partial charge in [0, 0.05) is 26.3 Å². The molecule has 1 saturated heterocycles. The topological polar surface area (TPSA) is 59.8 Å². The van der Waals surface area contributed by atoms with Crippen LogP contribution in [0.25, 0.3) is 0 Å². The van der Waals surface area contributed by atoms with Crippen LogP contribution in [0.5, 0.6) is 0 Å². The van der Waals surface area contributed by atoms with E-state index in [-0.39, 0.29) is 21.4 Å². The summed E-state index contributed by atoms with van der Waals surface area (Å²) in [6.07, 6.45) is 1.82. The third-order valence-corrected chi connectivity index (χ3v) is 6.33. The zero-order chi connectivity index (χ0) is 14.8. The van der Waals surface area contributed by atoms with Gasteiger partial charge in [-0.3, -0.25) is 0 Å². The highest BCUT2D eigenvalue weighted by molar-refractivity contribution is 9.10. The van der Waals surface area contributed by atoms with Crippen molar-refractivity contribution in [2.45, 2.75) is 23.6 Å². The largest absolute Gasteiger partial charge is 0.452 e. The quantitative estimate of drug-likeness (QED) is 0.730. The minimum absolute atomic E-state index is 0.139. The van der Waals surface area contributed by atoms with Crippen LogP contribution in [0, 0.1) is 5.92 Å². The number of hydrogen-bond acceptors (Lipinski definition) is 4. The summed E-state index contributed by atoms with van der Waals surface area (Å²) in [5.74, 6) is 0.810. The van der Waals surface area contributed by atoms with Gasteiger partial charge in [-0.25, -0.2) is 8.42 Å². The monoisotopic (exact) mass is 385 g/mol. The summed E-state index contributed by atoms with van der Waals surface area (Å²) in [6, 6.07) is 1.48. The van der Waals surface area contributed by atoms with Gasteiger partial charge in [0.05, 0.1) is 12.5 Å².